The van der Waals surface area contributed by atoms with Crippen LogP contribution in [0.2, 0.25) is 0 Å². The van der Waals surface area contributed by atoms with Crippen molar-refractivity contribution in [2.45, 2.75) is 44.9 Å². The minimum atomic E-state index is -0.831. The second kappa shape index (κ2) is 4.99. The van der Waals surface area contributed by atoms with Gasteiger partial charge in [0.2, 0.25) is 0 Å². The summed E-state index contributed by atoms with van der Waals surface area (Å²) in [5.41, 5.74) is 0. The van der Waals surface area contributed by atoms with Gasteiger partial charge in [0.25, 0.3) is 0 Å². The van der Waals surface area contributed by atoms with Crippen LogP contribution in [0.1, 0.15) is 42.9 Å². The van der Waals surface area contributed by atoms with Gasteiger partial charge in [-0.15, -0.1) is 22.2 Å². The highest BCUT2D eigenvalue weighted by atomic mass is 32.2. The van der Waals surface area contributed by atoms with E-state index in [0.29, 0.717) is 5.92 Å². The van der Waals surface area contributed by atoms with E-state index in [4.69, 9.17) is 0 Å². The zero-order valence-corrected chi connectivity index (χ0v) is 12.5. The van der Waals surface area contributed by atoms with E-state index in [9.17, 15) is 4.39 Å². The van der Waals surface area contributed by atoms with Gasteiger partial charge in [0.15, 0.2) is 0 Å². The minimum absolute atomic E-state index is 0.0663. The molecule has 1 atom stereocenters. The van der Waals surface area contributed by atoms with Crippen LogP contribution in [0.4, 0.5) is 4.39 Å². The molecule has 0 saturated heterocycles. The lowest BCUT2D eigenvalue weighted by Crippen LogP contribution is -1.90. The molecule has 1 unspecified atom stereocenters. The van der Waals surface area contributed by atoms with E-state index < -0.39 is 10.9 Å². The van der Waals surface area contributed by atoms with Gasteiger partial charge in [-0.1, -0.05) is 26.8 Å². The second-order valence-electron chi connectivity index (χ2n) is 4.60. The van der Waals surface area contributed by atoms with Crippen molar-refractivity contribution in [1.29, 1.82) is 0 Å². The summed E-state index contributed by atoms with van der Waals surface area (Å²) in [5, 5.41) is 0.0663. The van der Waals surface area contributed by atoms with Gasteiger partial charge >= 0.3 is 0 Å². The summed E-state index contributed by atoms with van der Waals surface area (Å²) < 4.78 is 14.0. The maximum atomic E-state index is 14.0. The van der Waals surface area contributed by atoms with E-state index in [0.717, 1.165) is 6.42 Å². The molecule has 3 heteroatoms. The van der Waals surface area contributed by atoms with E-state index in [2.05, 4.69) is 33.8 Å². The maximum Gasteiger partial charge on any atom is 0.144 e. The Bertz CT molecular complexity index is 480. The standard InChI is InChI=1S/C14H19FS2/c1-5-11-6-7-13(15)17(11)12-8-10(4)16-14(12)9(2)3/h6-9,17H,5H2,1-4H3. The molecule has 0 radical (unpaired) electrons. The Kier molecular flexibility index (Phi) is 3.79. The first kappa shape index (κ1) is 12.9. The van der Waals surface area contributed by atoms with Crippen LogP contribution in [0.3, 0.4) is 0 Å². The fourth-order valence-electron chi connectivity index (χ4n) is 2.10. The molecule has 2 heterocycles. The number of halogens is 1. The van der Waals surface area contributed by atoms with Gasteiger partial charge in [-0.2, -0.15) is 0 Å². The number of aryl methyl sites for hydroxylation is 1. The van der Waals surface area contributed by atoms with Gasteiger partial charge in [-0.3, -0.25) is 0 Å². The molecule has 0 amide bonds. The Morgan fingerprint density at radius 1 is 1.35 bits per heavy atom. The SMILES string of the molecule is CCC1=CC=C(F)[SH]1c1cc(C)sc1C(C)C. The molecule has 0 aromatic carbocycles. The first-order chi connectivity index (χ1) is 8.04. The van der Waals surface area contributed by atoms with Gasteiger partial charge < -0.3 is 0 Å². The van der Waals surface area contributed by atoms with Crippen LogP contribution in [0, 0.1) is 6.92 Å². The average Bonchev–Trinajstić information content (AvgIpc) is 2.81. The molecule has 1 aliphatic rings. The predicted octanol–water partition coefficient (Wildman–Crippen LogP) is 5.66. The Hall–Kier alpha value is -0.540. The summed E-state index contributed by atoms with van der Waals surface area (Å²) >= 11 is 1.82. The van der Waals surface area contributed by atoms with Gasteiger partial charge in [-0.25, -0.2) is 4.39 Å². The van der Waals surface area contributed by atoms with Crippen LogP contribution in [-0.4, -0.2) is 0 Å². The molecule has 0 fully saturated rings. The topological polar surface area (TPSA) is 0 Å². The van der Waals surface area contributed by atoms with Crippen molar-refractivity contribution < 1.29 is 4.39 Å². The first-order valence-corrected chi connectivity index (χ1v) is 8.17. The van der Waals surface area contributed by atoms with Gasteiger partial charge in [-0.05, 0) is 36.3 Å². The third kappa shape index (κ3) is 2.36. The molecule has 17 heavy (non-hydrogen) atoms. The molecule has 1 aliphatic heterocycles. The number of allylic oxidation sites excluding steroid dienone is 3. The Labute approximate surface area is 110 Å². The van der Waals surface area contributed by atoms with E-state index in [-0.39, 0.29) is 5.16 Å². The lowest BCUT2D eigenvalue weighted by Gasteiger charge is -2.20. The highest BCUT2D eigenvalue weighted by Gasteiger charge is 2.25. The molecule has 1 aromatic heterocycles. The van der Waals surface area contributed by atoms with Crippen LogP contribution in [0.15, 0.2) is 33.2 Å². The fourth-order valence-corrected chi connectivity index (χ4v) is 5.90. The van der Waals surface area contributed by atoms with Crippen molar-refractivity contribution in [1.82, 2.24) is 0 Å². The third-order valence-corrected chi connectivity index (χ3v) is 6.88. The molecule has 0 bridgehead atoms. The van der Waals surface area contributed by atoms with Crippen molar-refractivity contribution >= 4 is 22.2 Å². The second-order valence-corrected chi connectivity index (χ2v) is 8.04. The molecule has 94 valence electrons. The molecule has 2 rings (SSSR count). The smallest absolute Gasteiger partial charge is 0.144 e. The van der Waals surface area contributed by atoms with Crippen molar-refractivity contribution in [2.24, 2.45) is 0 Å². The molecule has 0 spiro atoms. The van der Waals surface area contributed by atoms with Gasteiger partial charge in [0, 0.05) is 14.6 Å². The molecular weight excluding hydrogens is 251 g/mol. The molecule has 0 N–H and O–H groups in total. The van der Waals surface area contributed by atoms with Crippen LogP contribution in [-0.2, 0) is 0 Å². The molecular formula is C14H19FS2. The Morgan fingerprint density at radius 3 is 2.65 bits per heavy atom. The normalized spacial score (nSPS) is 21.9. The summed E-state index contributed by atoms with van der Waals surface area (Å²) in [6, 6.07) is 2.19. The largest absolute Gasteiger partial charge is 0.201 e. The summed E-state index contributed by atoms with van der Waals surface area (Å²) in [5.74, 6) is 0.484. The number of thiol groups is 1. The van der Waals surface area contributed by atoms with E-state index in [1.165, 1.54) is 19.6 Å². The van der Waals surface area contributed by atoms with Crippen LogP contribution in [0.25, 0.3) is 0 Å². The number of rotatable bonds is 3. The van der Waals surface area contributed by atoms with Crippen molar-refractivity contribution in [3.05, 3.63) is 38.0 Å². The maximum absolute atomic E-state index is 14.0. The van der Waals surface area contributed by atoms with Crippen molar-refractivity contribution in [3.8, 4) is 0 Å². The Balaban J connectivity index is 2.46. The number of hydrogen-bond acceptors (Lipinski definition) is 1. The minimum Gasteiger partial charge on any atom is -0.201 e. The van der Waals surface area contributed by atoms with E-state index in [1.54, 1.807) is 6.08 Å². The molecule has 1 aromatic rings. The number of thiophene rings is 1. The molecule has 0 saturated carbocycles. The first-order valence-electron chi connectivity index (χ1n) is 6.01. The monoisotopic (exact) mass is 270 g/mol. The van der Waals surface area contributed by atoms with Crippen molar-refractivity contribution in [2.75, 3.05) is 0 Å². The zero-order valence-electron chi connectivity index (χ0n) is 10.7. The average molecular weight is 270 g/mol. The van der Waals surface area contributed by atoms with Crippen molar-refractivity contribution in [3.63, 3.8) is 0 Å². The summed E-state index contributed by atoms with van der Waals surface area (Å²) in [6.45, 7) is 8.61. The zero-order chi connectivity index (χ0) is 12.6. The summed E-state index contributed by atoms with van der Waals surface area (Å²) in [7, 11) is -0.831. The molecule has 0 aliphatic carbocycles. The Morgan fingerprint density at radius 2 is 2.06 bits per heavy atom. The molecule has 0 nitrogen and oxygen atoms in total. The van der Waals surface area contributed by atoms with Crippen LogP contribution < -0.4 is 0 Å². The number of hydrogen-bond donors (Lipinski definition) is 1. The lowest BCUT2D eigenvalue weighted by atomic mass is 10.2. The van der Waals surface area contributed by atoms with Gasteiger partial charge in [0.05, 0.1) is 0 Å². The quantitative estimate of drug-likeness (QED) is 0.673. The van der Waals surface area contributed by atoms with Gasteiger partial charge in [0.1, 0.15) is 5.16 Å². The highest BCUT2D eigenvalue weighted by molar-refractivity contribution is 8.23. The summed E-state index contributed by atoms with van der Waals surface area (Å²) in [6.07, 6.45) is 4.57. The fraction of sp³-hybridized carbons (Fsp3) is 0.429. The van der Waals surface area contributed by atoms with E-state index >= 15 is 0 Å². The highest BCUT2D eigenvalue weighted by Crippen LogP contribution is 2.58. The third-order valence-electron chi connectivity index (χ3n) is 2.90. The van der Waals surface area contributed by atoms with Crippen LogP contribution in [0.5, 0.6) is 0 Å². The lowest BCUT2D eigenvalue weighted by molar-refractivity contribution is 0.699. The predicted molar refractivity (Wildman–Crippen MR) is 78.0 cm³/mol. The van der Waals surface area contributed by atoms with Crippen LogP contribution >= 0.6 is 22.2 Å². The summed E-state index contributed by atoms with van der Waals surface area (Å²) in [4.78, 5) is 5.16. The van der Waals surface area contributed by atoms with E-state index in [1.807, 2.05) is 17.4 Å².